The van der Waals surface area contributed by atoms with Gasteiger partial charge in [-0.05, 0) is 13.0 Å². The third-order valence-electron chi connectivity index (χ3n) is 2.87. The highest BCUT2D eigenvalue weighted by Gasteiger charge is 2.15. The molecule has 80 valence electrons. The molecule has 3 rings (SSSR count). The highest BCUT2D eigenvalue weighted by molar-refractivity contribution is 7.26. The van der Waals surface area contributed by atoms with Crippen LogP contribution in [0.4, 0.5) is 0 Å². The van der Waals surface area contributed by atoms with E-state index in [1.807, 2.05) is 29.9 Å². The summed E-state index contributed by atoms with van der Waals surface area (Å²) in [4.78, 5) is 11.5. The average molecular weight is 229 g/mol. The van der Waals surface area contributed by atoms with Crippen molar-refractivity contribution in [2.45, 2.75) is 6.92 Å². The first-order valence-electron chi connectivity index (χ1n) is 5.16. The third-order valence-corrected chi connectivity index (χ3v) is 4.06. The number of Topliss-reactive ketones (excluding diaryl/α,β-unsaturated/α-hetero) is 1. The fraction of sp³-hybridized carbons (Fsp3) is 0.154. The van der Waals surface area contributed by atoms with Crippen LogP contribution in [-0.2, 0) is 7.05 Å². The van der Waals surface area contributed by atoms with Gasteiger partial charge in [0.05, 0.1) is 15.8 Å². The van der Waals surface area contributed by atoms with E-state index in [1.165, 1.54) is 15.6 Å². The summed E-state index contributed by atoms with van der Waals surface area (Å²) < 4.78 is 4.40. The predicted molar refractivity (Wildman–Crippen MR) is 68.3 cm³/mol. The van der Waals surface area contributed by atoms with Gasteiger partial charge in [0.15, 0.2) is 5.78 Å². The Kier molecular flexibility index (Phi) is 1.91. The fourth-order valence-electron chi connectivity index (χ4n) is 2.13. The predicted octanol–water partition coefficient (Wildman–Crippen LogP) is 3.60. The molecule has 16 heavy (non-hydrogen) atoms. The van der Waals surface area contributed by atoms with Crippen LogP contribution >= 0.6 is 11.3 Å². The van der Waals surface area contributed by atoms with E-state index in [1.54, 1.807) is 18.3 Å². The lowest BCUT2D eigenvalue weighted by atomic mass is 10.2. The maximum absolute atomic E-state index is 11.5. The number of thiophene rings is 1. The average Bonchev–Trinajstić information content (AvgIpc) is 2.76. The molecule has 0 spiro atoms. The van der Waals surface area contributed by atoms with E-state index >= 15 is 0 Å². The van der Waals surface area contributed by atoms with Crippen molar-refractivity contribution < 1.29 is 4.79 Å². The van der Waals surface area contributed by atoms with Gasteiger partial charge in [0.2, 0.25) is 0 Å². The molecule has 2 aromatic heterocycles. The van der Waals surface area contributed by atoms with Crippen molar-refractivity contribution in [1.29, 1.82) is 0 Å². The number of carbonyl (C=O) groups excluding carboxylic acids is 1. The minimum atomic E-state index is 0.136. The van der Waals surface area contributed by atoms with Crippen LogP contribution in [-0.4, -0.2) is 10.4 Å². The van der Waals surface area contributed by atoms with E-state index in [0.29, 0.717) is 0 Å². The van der Waals surface area contributed by atoms with Crippen LogP contribution in [0.2, 0.25) is 0 Å². The van der Waals surface area contributed by atoms with Gasteiger partial charge in [-0.25, -0.2) is 0 Å². The quantitative estimate of drug-likeness (QED) is 0.584. The van der Waals surface area contributed by atoms with E-state index in [2.05, 4.69) is 12.1 Å². The molecule has 0 aliphatic heterocycles. The van der Waals surface area contributed by atoms with Crippen LogP contribution in [0.1, 0.15) is 17.3 Å². The molecule has 2 nitrogen and oxygen atoms in total. The lowest BCUT2D eigenvalue weighted by Crippen LogP contribution is -1.88. The largest absolute Gasteiger partial charge is 0.349 e. The number of rotatable bonds is 1. The Bertz CT molecular complexity index is 705. The molecule has 0 aliphatic rings. The Hall–Kier alpha value is -1.61. The van der Waals surface area contributed by atoms with Crippen molar-refractivity contribution in [3.05, 3.63) is 36.0 Å². The number of fused-ring (bicyclic) bond motifs is 3. The van der Waals surface area contributed by atoms with Crippen LogP contribution in [0.15, 0.2) is 30.5 Å². The second-order valence-electron chi connectivity index (χ2n) is 3.99. The zero-order valence-corrected chi connectivity index (χ0v) is 9.97. The summed E-state index contributed by atoms with van der Waals surface area (Å²) >= 11 is 1.70. The number of ketones is 1. The van der Waals surface area contributed by atoms with Gasteiger partial charge in [-0.15, -0.1) is 11.3 Å². The summed E-state index contributed by atoms with van der Waals surface area (Å²) in [6.45, 7) is 1.62. The molecule has 0 amide bonds. The van der Waals surface area contributed by atoms with E-state index in [9.17, 15) is 4.79 Å². The fourth-order valence-corrected chi connectivity index (χ4v) is 3.43. The van der Waals surface area contributed by atoms with Crippen molar-refractivity contribution in [2.24, 2.45) is 7.05 Å². The van der Waals surface area contributed by atoms with E-state index in [4.69, 9.17) is 0 Å². The molecule has 0 aliphatic carbocycles. The van der Waals surface area contributed by atoms with Crippen LogP contribution in [0, 0.1) is 0 Å². The molecule has 0 radical (unpaired) electrons. The zero-order valence-electron chi connectivity index (χ0n) is 9.15. The molecule has 2 heterocycles. The molecule has 0 atom stereocenters. The molecular weight excluding hydrogens is 218 g/mol. The number of nitrogens with zero attached hydrogens (tertiary/aromatic N) is 1. The van der Waals surface area contributed by atoms with Gasteiger partial charge in [0, 0.05) is 23.3 Å². The van der Waals surface area contributed by atoms with E-state index < -0.39 is 0 Å². The SMILES string of the molecule is CC(=O)c1cn(C)c2c1sc1ccccc12. The van der Waals surface area contributed by atoms with Gasteiger partial charge in [0.25, 0.3) is 0 Å². The van der Waals surface area contributed by atoms with Gasteiger partial charge in [-0.2, -0.15) is 0 Å². The second kappa shape index (κ2) is 3.19. The van der Waals surface area contributed by atoms with Crippen molar-refractivity contribution >= 4 is 37.4 Å². The molecule has 0 N–H and O–H groups in total. The zero-order chi connectivity index (χ0) is 11.3. The van der Waals surface area contributed by atoms with E-state index in [-0.39, 0.29) is 5.78 Å². The highest BCUT2D eigenvalue weighted by atomic mass is 32.1. The number of carbonyl (C=O) groups is 1. The Morgan fingerprint density at radius 2 is 2.06 bits per heavy atom. The van der Waals surface area contributed by atoms with Gasteiger partial charge >= 0.3 is 0 Å². The standard InChI is InChI=1S/C13H11NOS/c1-8(15)10-7-14(2)12-9-5-3-4-6-11(9)16-13(10)12/h3-7H,1-2H3. The monoisotopic (exact) mass is 229 g/mol. The summed E-state index contributed by atoms with van der Waals surface area (Å²) in [5.41, 5.74) is 2.00. The van der Waals surface area contributed by atoms with Crippen LogP contribution < -0.4 is 0 Å². The van der Waals surface area contributed by atoms with Crippen LogP contribution in [0.5, 0.6) is 0 Å². The molecule has 1 aromatic carbocycles. The smallest absolute Gasteiger partial charge is 0.162 e. The molecular formula is C13H11NOS. The Balaban J connectivity index is 2.55. The Morgan fingerprint density at radius 3 is 2.81 bits per heavy atom. The highest BCUT2D eigenvalue weighted by Crippen LogP contribution is 2.36. The van der Waals surface area contributed by atoms with Crippen LogP contribution in [0.3, 0.4) is 0 Å². The second-order valence-corrected chi connectivity index (χ2v) is 5.04. The summed E-state index contributed by atoms with van der Waals surface area (Å²) in [6.07, 6.45) is 1.93. The lowest BCUT2D eigenvalue weighted by Gasteiger charge is -1.93. The Morgan fingerprint density at radius 1 is 1.31 bits per heavy atom. The normalized spacial score (nSPS) is 11.4. The minimum absolute atomic E-state index is 0.136. The first-order chi connectivity index (χ1) is 7.68. The number of aryl methyl sites for hydroxylation is 1. The van der Waals surface area contributed by atoms with Crippen LogP contribution in [0.25, 0.3) is 20.3 Å². The molecule has 3 heteroatoms. The van der Waals surface area contributed by atoms with Crippen molar-refractivity contribution in [2.75, 3.05) is 0 Å². The summed E-state index contributed by atoms with van der Waals surface area (Å²) in [6, 6.07) is 8.28. The Labute approximate surface area is 97.1 Å². The van der Waals surface area contributed by atoms with Gasteiger partial charge in [-0.1, -0.05) is 18.2 Å². The molecule has 0 bridgehead atoms. The molecule has 0 saturated heterocycles. The van der Waals surface area contributed by atoms with Gasteiger partial charge < -0.3 is 4.57 Å². The number of hydrogen-bond donors (Lipinski definition) is 0. The van der Waals surface area contributed by atoms with Gasteiger partial charge in [0.1, 0.15) is 0 Å². The minimum Gasteiger partial charge on any atom is -0.349 e. The number of hydrogen-bond acceptors (Lipinski definition) is 2. The number of aromatic nitrogens is 1. The molecule has 0 unspecified atom stereocenters. The topological polar surface area (TPSA) is 22.0 Å². The molecule has 3 aromatic rings. The summed E-state index contributed by atoms with van der Waals surface area (Å²) in [5, 5.41) is 1.23. The third kappa shape index (κ3) is 1.15. The van der Waals surface area contributed by atoms with Gasteiger partial charge in [-0.3, -0.25) is 4.79 Å². The number of benzene rings is 1. The molecule has 0 saturated carbocycles. The lowest BCUT2D eigenvalue weighted by molar-refractivity contribution is 0.101. The molecule has 0 fully saturated rings. The van der Waals surface area contributed by atoms with Crippen molar-refractivity contribution in [3.8, 4) is 0 Å². The van der Waals surface area contributed by atoms with Crippen molar-refractivity contribution in [1.82, 2.24) is 4.57 Å². The summed E-state index contributed by atoms with van der Waals surface area (Å²) in [5.74, 6) is 0.136. The first-order valence-corrected chi connectivity index (χ1v) is 5.97. The van der Waals surface area contributed by atoms with E-state index in [0.717, 1.165) is 10.3 Å². The maximum atomic E-state index is 11.5. The van der Waals surface area contributed by atoms with Crippen molar-refractivity contribution in [3.63, 3.8) is 0 Å². The summed E-state index contributed by atoms with van der Waals surface area (Å²) in [7, 11) is 1.99. The maximum Gasteiger partial charge on any atom is 0.162 e. The first kappa shape index (κ1) is 9.60.